The van der Waals surface area contributed by atoms with Gasteiger partial charge >= 0.3 is 0 Å². The zero-order valence-corrected chi connectivity index (χ0v) is 20.3. The first-order valence-electron chi connectivity index (χ1n) is 12.4. The number of benzene rings is 2. The maximum absolute atomic E-state index is 13.2. The molecule has 0 aliphatic carbocycles. The Hall–Kier alpha value is -4.15. The quantitative estimate of drug-likeness (QED) is 0.321. The maximum atomic E-state index is 13.2. The van der Waals surface area contributed by atoms with Gasteiger partial charge in [-0.3, -0.25) is 9.89 Å². The Bertz CT molecular complexity index is 1380. The van der Waals surface area contributed by atoms with E-state index in [4.69, 9.17) is 9.72 Å². The van der Waals surface area contributed by atoms with Gasteiger partial charge in [0.05, 0.1) is 24.8 Å². The third-order valence-corrected chi connectivity index (χ3v) is 6.99. The molecule has 10 heteroatoms. The van der Waals surface area contributed by atoms with Gasteiger partial charge in [-0.05, 0) is 61.3 Å². The van der Waals surface area contributed by atoms with Gasteiger partial charge in [-0.1, -0.05) is 30.3 Å². The first-order chi connectivity index (χ1) is 18.2. The van der Waals surface area contributed by atoms with Crippen molar-refractivity contribution >= 4 is 11.6 Å². The normalized spacial score (nSPS) is 18.5. The van der Waals surface area contributed by atoms with Crippen molar-refractivity contribution in [3.63, 3.8) is 0 Å². The first kappa shape index (κ1) is 23.3. The summed E-state index contributed by atoms with van der Waals surface area (Å²) in [6.07, 6.45) is 4.76. The Morgan fingerprint density at radius 3 is 2.84 bits per heavy atom. The summed E-state index contributed by atoms with van der Waals surface area (Å²) in [5.41, 5.74) is 3.83. The largest absolute Gasteiger partial charge is 0.374 e. The van der Waals surface area contributed by atoms with E-state index in [1.165, 1.54) is 6.33 Å². The minimum atomic E-state index is -0.464. The molecule has 2 aromatic heterocycles. The number of hydrogen-bond donors (Lipinski definition) is 4. The molecular formula is C27H28N8O2. The number of rotatable bonds is 6. The lowest BCUT2D eigenvalue weighted by atomic mass is 9.87. The number of aromatic nitrogens is 5. The Morgan fingerprint density at radius 2 is 1.97 bits per heavy atom. The third kappa shape index (κ3) is 4.81. The van der Waals surface area contributed by atoms with Crippen LogP contribution in [0.1, 0.15) is 46.2 Å². The van der Waals surface area contributed by atoms with Crippen LogP contribution in [0, 0.1) is 0 Å². The average Bonchev–Trinajstić information content (AvgIpc) is 3.46. The molecule has 1 atom stereocenters. The van der Waals surface area contributed by atoms with Crippen LogP contribution in [0.15, 0.2) is 67.1 Å². The minimum Gasteiger partial charge on any atom is -0.374 e. The molecule has 4 heterocycles. The fraction of sp³-hybridized carbons (Fsp3) is 0.296. The molecule has 188 valence electrons. The number of amides is 1. The Labute approximate surface area is 214 Å². The molecular weight excluding hydrogens is 468 g/mol. The lowest BCUT2D eigenvalue weighted by molar-refractivity contribution is 0.0708. The molecule has 6 rings (SSSR count). The van der Waals surface area contributed by atoms with Gasteiger partial charge in [-0.25, -0.2) is 15.0 Å². The first-order valence-corrected chi connectivity index (χ1v) is 12.4. The highest BCUT2D eigenvalue weighted by molar-refractivity contribution is 5.95. The SMILES string of the molecule is O=C(N[C@@H]1COCc2ccccc21)c1cccc(NC2(c3nc(-c4ccncn4)n[nH]3)CCNCC2)c1. The van der Waals surface area contributed by atoms with E-state index in [1.54, 1.807) is 12.3 Å². The van der Waals surface area contributed by atoms with Gasteiger partial charge in [0, 0.05) is 17.4 Å². The average molecular weight is 497 g/mol. The predicted molar refractivity (Wildman–Crippen MR) is 138 cm³/mol. The van der Waals surface area contributed by atoms with Crippen LogP contribution in [-0.2, 0) is 16.9 Å². The number of aromatic amines is 1. The van der Waals surface area contributed by atoms with E-state index >= 15 is 0 Å². The fourth-order valence-corrected chi connectivity index (χ4v) is 5.05. The smallest absolute Gasteiger partial charge is 0.251 e. The standard InChI is InChI=1S/C27H28N8O2/c36-25(31-23-16-37-15-19-4-1-2-7-21(19)23)18-5-3-6-20(14-18)33-27(9-12-28-13-10-27)26-32-24(34-35-26)22-8-11-29-17-30-22/h1-8,11,14,17,23,28,33H,9-10,12-13,15-16H2,(H,31,36)(H,32,34,35)/t23-/m1/s1. The zero-order valence-electron chi connectivity index (χ0n) is 20.3. The lowest BCUT2D eigenvalue weighted by Crippen LogP contribution is -2.46. The minimum absolute atomic E-state index is 0.140. The molecule has 0 unspecified atom stereocenters. The zero-order chi connectivity index (χ0) is 25.1. The summed E-state index contributed by atoms with van der Waals surface area (Å²) in [6.45, 7) is 2.69. The van der Waals surface area contributed by atoms with Gasteiger partial charge in [-0.15, -0.1) is 0 Å². The van der Waals surface area contributed by atoms with Crippen molar-refractivity contribution < 1.29 is 9.53 Å². The summed E-state index contributed by atoms with van der Waals surface area (Å²) in [4.78, 5) is 26.3. The van der Waals surface area contributed by atoms with Crippen molar-refractivity contribution in [3.8, 4) is 11.5 Å². The number of fused-ring (bicyclic) bond motifs is 1. The van der Waals surface area contributed by atoms with Gasteiger partial charge in [0.2, 0.25) is 0 Å². The molecule has 2 aliphatic heterocycles. The molecule has 4 aromatic rings. The predicted octanol–water partition coefficient (Wildman–Crippen LogP) is 2.95. The number of H-pyrrole nitrogens is 1. The van der Waals surface area contributed by atoms with Crippen molar-refractivity contribution in [2.75, 3.05) is 25.0 Å². The summed E-state index contributed by atoms with van der Waals surface area (Å²) in [7, 11) is 0. The number of ether oxygens (including phenoxy) is 1. The van der Waals surface area contributed by atoms with E-state index in [9.17, 15) is 4.79 Å². The van der Waals surface area contributed by atoms with Gasteiger partial charge in [0.15, 0.2) is 11.6 Å². The van der Waals surface area contributed by atoms with Gasteiger partial charge in [0.25, 0.3) is 5.91 Å². The number of nitrogens with zero attached hydrogens (tertiary/aromatic N) is 4. The number of anilines is 1. The highest BCUT2D eigenvalue weighted by Crippen LogP contribution is 2.34. The van der Waals surface area contributed by atoms with Crippen molar-refractivity contribution in [2.45, 2.75) is 31.0 Å². The van der Waals surface area contributed by atoms with Crippen molar-refractivity contribution in [2.24, 2.45) is 0 Å². The van der Waals surface area contributed by atoms with Crippen LogP contribution in [0.3, 0.4) is 0 Å². The molecule has 1 saturated heterocycles. The number of carbonyl (C=O) groups excluding carboxylic acids is 1. The van der Waals surface area contributed by atoms with Crippen LogP contribution >= 0.6 is 0 Å². The van der Waals surface area contributed by atoms with Gasteiger partial charge in [0.1, 0.15) is 12.0 Å². The summed E-state index contributed by atoms with van der Waals surface area (Å²) >= 11 is 0. The molecule has 37 heavy (non-hydrogen) atoms. The molecule has 0 bridgehead atoms. The molecule has 0 spiro atoms. The Balaban J connectivity index is 1.23. The topological polar surface area (TPSA) is 130 Å². The van der Waals surface area contributed by atoms with Crippen LogP contribution in [-0.4, -0.2) is 50.8 Å². The van der Waals surface area contributed by atoms with Crippen LogP contribution in [0.5, 0.6) is 0 Å². The van der Waals surface area contributed by atoms with Crippen LogP contribution in [0.25, 0.3) is 11.5 Å². The number of hydrogen-bond acceptors (Lipinski definition) is 8. The second kappa shape index (κ2) is 10.1. The monoisotopic (exact) mass is 496 g/mol. The van der Waals surface area contributed by atoms with Crippen LogP contribution < -0.4 is 16.0 Å². The highest BCUT2D eigenvalue weighted by atomic mass is 16.5. The summed E-state index contributed by atoms with van der Waals surface area (Å²) < 4.78 is 5.71. The summed E-state index contributed by atoms with van der Waals surface area (Å²) in [5.74, 6) is 1.13. The van der Waals surface area contributed by atoms with E-state index in [-0.39, 0.29) is 11.9 Å². The number of piperidine rings is 1. The molecule has 1 amide bonds. The van der Waals surface area contributed by atoms with Gasteiger partial charge < -0.3 is 20.7 Å². The summed E-state index contributed by atoms with van der Waals surface area (Å²) in [6, 6.07) is 17.3. The van der Waals surface area contributed by atoms with E-state index in [0.29, 0.717) is 30.3 Å². The van der Waals surface area contributed by atoms with Crippen LogP contribution in [0.2, 0.25) is 0 Å². The Morgan fingerprint density at radius 1 is 1.08 bits per heavy atom. The second-order valence-electron chi connectivity index (χ2n) is 9.38. The fourth-order valence-electron chi connectivity index (χ4n) is 5.05. The van der Waals surface area contributed by atoms with E-state index in [1.807, 2.05) is 42.5 Å². The van der Waals surface area contributed by atoms with Crippen LogP contribution in [0.4, 0.5) is 5.69 Å². The molecule has 4 N–H and O–H groups in total. The van der Waals surface area contributed by atoms with E-state index in [2.05, 4.69) is 42.2 Å². The van der Waals surface area contributed by atoms with Gasteiger partial charge in [-0.2, -0.15) is 5.10 Å². The van der Waals surface area contributed by atoms with E-state index in [0.717, 1.165) is 48.6 Å². The summed E-state index contributed by atoms with van der Waals surface area (Å²) in [5, 5.41) is 17.8. The molecule has 10 nitrogen and oxygen atoms in total. The number of carbonyl (C=O) groups is 1. The number of nitrogens with one attached hydrogen (secondary N) is 4. The third-order valence-electron chi connectivity index (χ3n) is 6.99. The molecule has 0 saturated carbocycles. The van der Waals surface area contributed by atoms with Crippen molar-refractivity contribution in [1.82, 2.24) is 35.8 Å². The molecule has 0 radical (unpaired) electrons. The van der Waals surface area contributed by atoms with Crippen molar-refractivity contribution in [3.05, 3.63) is 89.6 Å². The molecule has 1 fully saturated rings. The maximum Gasteiger partial charge on any atom is 0.251 e. The lowest BCUT2D eigenvalue weighted by Gasteiger charge is -2.37. The Kier molecular flexibility index (Phi) is 6.33. The van der Waals surface area contributed by atoms with Crippen molar-refractivity contribution in [1.29, 1.82) is 0 Å². The van der Waals surface area contributed by atoms with E-state index < -0.39 is 5.54 Å². The highest BCUT2D eigenvalue weighted by Gasteiger charge is 2.37. The molecule has 2 aliphatic rings. The second-order valence-corrected chi connectivity index (χ2v) is 9.38. The molecule has 2 aromatic carbocycles.